The number of nitrogens with two attached hydrogens (primary N) is 1. The third kappa shape index (κ3) is 1.62. The molecule has 1 aliphatic rings. The quantitative estimate of drug-likeness (QED) is 0.656. The third-order valence-corrected chi connectivity index (χ3v) is 4.60. The van der Waals surface area contributed by atoms with Crippen molar-refractivity contribution in [2.45, 2.75) is 24.1 Å². The van der Waals surface area contributed by atoms with Crippen LogP contribution in [0.15, 0.2) is 0 Å². The molecule has 1 aliphatic carbocycles. The summed E-state index contributed by atoms with van der Waals surface area (Å²) < 4.78 is 27.5. The van der Waals surface area contributed by atoms with E-state index in [9.17, 15) is 8.42 Å². The van der Waals surface area contributed by atoms with Gasteiger partial charge in [-0.1, -0.05) is 6.92 Å². The second-order valence-electron chi connectivity index (χ2n) is 3.31. The number of methoxy groups -OCH3 is 1. The molecule has 0 aliphatic heterocycles. The molecule has 2 N–H and O–H groups in total. The number of sulfone groups is 1. The Bertz CT molecular complexity index is 262. The molecule has 12 heavy (non-hydrogen) atoms. The van der Waals surface area contributed by atoms with Crippen LogP contribution in [0.25, 0.3) is 0 Å². The predicted octanol–water partition coefficient (Wildman–Crippen LogP) is -0.463. The van der Waals surface area contributed by atoms with Crippen molar-refractivity contribution in [3.8, 4) is 0 Å². The molecule has 72 valence electrons. The molecular weight excluding hydrogens is 178 g/mol. The van der Waals surface area contributed by atoms with Gasteiger partial charge in [0.25, 0.3) is 0 Å². The topological polar surface area (TPSA) is 69.4 Å². The summed E-state index contributed by atoms with van der Waals surface area (Å²) in [6, 6.07) is 0. The predicted molar refractivity (Wildman–Crippen MR) is 46.7 cm³/mol. The SMILES string of the molecule is CCS(=O)(=O)[C@H]1C[C@@]1(N)COC. The van der Waals surface area contributed by atoms with Gasteiger partial charge in [0.05, 0.1) is 17.4 Å². The minimum atomic E-state index is -2.96. The lowest BCUT2D eigenvalue weighted by Crippen LogP contribution is -2.35. The Labute approximate surface area is 73.0 Å². The van der Waals surface area contributed by atoms with E-state index in [0.29, 0.717) is 13.0 Å². The molecule has 0 radical (unpaired) electrons. The maximum atomic E-state index is 11.3. The molecule has 0 amide bonds. The van der Waals surface area contributed by atoms with Gasteiger partial charge in [-0.2, -0.15) is 0 Å². The van der Waals surface area contributed by atoms with Crippen LogP contribution in [-0.4, -0.2) is 38.7 Å². The minimum absolute atomic E-state index is 0.167. The molecule has 1 fully saturated rings. The van der Waals surface area contributed by atoms with E-state index in [1.165, 1.54) is 7.11 Å². The van der Waals surface area contributed by atoms with Crippen LogP contribution in [0.3, 0.4) is 0 Å². The number of rotatable bonds is 4. The van der Waals surface area contributed by atoms with Crippen LogP contribution < -0.4 is 5.73 Å². The van der Waals surface area contributed by atoms with Gasteiger partial charge in [0.15, 0.2) is 9.84 Å². The largest absolute Gasteiger partial charge is 0.383 e. The Morgan fingerprint density at radius 2 is 2.25 bits per heavy atom. The fraction of sp³-hybridized carbons (Fsp3) is 1.00. The zero-order valence-corrected chi connectivity index (χ0v) is 8.23. The molecule has 0 saturated heterocycles. The lowest BCUT2D eigenvalue weighted by molar-refractivity contribution is 0.173. The Hall–Kier alpha value is -0.130. The molecule has 0 heterocycles. The molecule has 1 rings (SSSR count). The van der Waals surface area contributed by atoms with E-state index in [2.05, 4.69) is 0 Å². The van der Waals surface area contributed by atoms with Crippen LogP contribution in [0.1, 0.15) is 13.3 Å². The van der Waals surface area contributed by atoms with Gasteiger partial charge in [-0.05, 0) is 6.42 Å². The van der Waals surface area contributed by atoms with E-state index in [1.807, 2.05) is 0 Å². The smallest absolute Gasteiger partial charge is 0.154 e. The highest BCUT2D eigenvalue weighted by Gasteiger charge is 2.57. The Kier molecular flexibility index (Phi) is 2.47. The number of hydrogen-bond donors (Lipinski definition) is 1. The Morgan fingerprint density at radius 3 is 2.67 bits per heavy atom. The Morgan fingerprint density at radius 1 is 1.67 bits per heavy atom. The standard InChI is InChI=1S/C7H15NO3S/c1-3-12(9,10)6-4-7(6,8)5-11-2/h6H,3-5,8H2,1-2H3/t6-,7+/m0/s1. The average Bonchev–Trinajstić information content (AvgIpc) is 2.64. The monoisotopic (exact) mass is 193 g/mol. The van der Waals surface area contributed by atoms with E-state index >= 15 is 0 Å². The van der Waals surface area contributed by atoms with Crippen LogP contribution >= 0.6 is 0 Å². The van der Waals surface area contributed by atoms with Crippen molar-refractivity contribution in [2.24, 2.45) is 5.73 Å². The van der Waals surface area contributed by atoms with Gasteiger partial charge in [-0.3, -0.25) is 0 Å². The number of hydrogen-bond acceptors (Lipinski definition) is 4. The molecule has 0 spiro atoms. The fourth-order valence-electron chi connectivity index (χ4n) is 1.39. The summed E-state index contributed by atoms with van der Waals surface area (Å²) in [5.74, 6) is 0.167. The van der Waals surface area contributed by atoms with Gasteiger partial charge in [-0.15, -0.1) is 0 Å². The third-order valence-electron chi connectivity index (χ3n) is 2.30. The maximum Gasteiger partial charge on any atom is 0.154 e. The van der Waals surface area contributed by atoms with Crippen LogP contribution in [0.4, 0.5) is 0 Å². The highest BCUT2D eigenvalue weighted by molar-refractivity contribution is 7.92. The van der Waals surface area contributed by atoms with Gasteiger partial charge in [0, 0.05) is 12.9 Å². The first-order valence-electron chi connectivity index (χ1n) is 3.95. The summed E-state index contributed by atoms with van der Waals surface area (Å²) in [6.45, 7) is 1.97. The molecule has 0 aromatic rings. The van der Waals surface area contributed by atoms with Gasteiger partial charge < -0.3 is 10.5 Å². The molecule has 5 heteroatoms. The molecule has 0 bridgehead atoms. The fourth-order valence-corrected chi connectivity index (χ4v) is 3.14. The lowest BCUT2D eigenvalue weighted by Gasteiger charge is -2.08. The zero-order chi connectivity index (χ0) is 9.41. The first-order valence-corrected chi connectivity index (χ1v) is 5.67. The summed E-state index contributed by atoms with van der Waals surface area (Å²) in [5.41, 5.74) is 5.15. The van der Waals surface area contributed by atoms with Crippen LogP contribution in [0.2, 0.25) is 0 Å². The van der Waals surface area contributed by atoms with E-state index in [0.717, 1.165) is 0 Å². The summed E-state index contributed by atoms with van der Waals surface area (Å²) in [5, 5.41) is -0.380. The zero-order valence-electron chi connectivity index (χ0n) is 7.41. The van der Waals surface area contributed by atoms with Gasteiger partial charge >= 0.3 is 0 Å². The second-order valence-corrected chi connectivity index (χ2v) is 5.78. The molecule has 4 nitrogen and oxygen atoms in total. The molecule has 2 atom stereocenters. The molecule has 0 unspecified atom stereocenters. The van der Waals surface area contributed by atoms with Gasteiger partial charge in [0.1, 0.15) is 0 Å². The van der Waals surface area contributed by atoms with Crippen LogP contribution in [-0.2, 0) is 14.6 Å². The highest BCUT2D eigenvalue weighted by Crippen LogP contribution is 2.39. The minimum Gasteiger partial charge on any atom is -0.383 e. The van der Waals surface area contributed by atoms with Crippen molar-refractivity contribution >= 4 is 9.84 Å². The van der Waals surface area contributed by atoms with Crippen molar-refractivity contribution in [1.82, 2.24) is 0 Å². The molecular formula is C7H15NO3S. The summed E-state index contributed by atoms with van der Waals surface area (Å²) in [4.78, 5) is 0. The average molecular weight is 193 g/mol. The summed E-state index contributed by atoms with van der Waals surface area (Å²) in [6.07, 6.45) is 0.539. The first kappa shape index (κ1) is 9.95. The van der Waals surface area contributed by atoms with Crippen LogP contribution in [0.5, 0.6) is 0 Å². The normalized spacial score (nSPS) is 35.1. The van der Waals surface area contributed by atoms with Crippen molar-refractivity contribution < 1.29 is 13.2 Å². The number of ether oxygens (including phenoxy) is 1. The molecule has 0 aromatic heterocycles. The van der Waals surface area contributed by atoms with Crippen molar-refractivity contribution in [2.75, 3.05) is 19.5 Å². The van der Waals surface area contributed by atoms with Crippen molar-refractivity contribution in [1.29, 1.82) is 0 Å². The maximum absolute atomic E-state index is 11.3. The van der Waals surface area contributed by atoms with Crippen molar-refractivity contribution in [3.05, 3.63) is 0 Å². The molecule has 0 aromatic carbocycles. The second kappa shape index (κ2) is 2.97. The van der Waals surface area contributed by atoms with E-state index < -0.39 is 15.4 Å². The van der Waals surface area contributed by atoms with E-state index in [1.54, 1.807) is 6.92 Å². The Balaban J connectivity index is 2.63. The summed E-state index contributed by atoms with van der Waals surface area (Å²) >= 11 is 0. The highest BCUT2D eigenvalue weighted by atomic mass is 32.2. The lowest BCUT2D eigenvalue weighted by atomic mass is 10.3. The first-order chi connectivity index (χ1) is 5.46. The van der Waals surface area contributed by atoms with Crippen molar-refractivity contribution in [3.63, 3.8) is 0 Å². The van der Waals surface area contributed by atoms with E-state index in [-0.39, 0.29) is 11.0 Å². The van der Waals surface area contributed by atoms with Gasteiger partial charge in [-0.25, -0.2) is 8.42 Å². The van der Waals surface area contributed by atoms with Crippen LogP contribution in [0, 0.1) is 0 Å². The molecule has 1 saturated carbocycles. The summed E-state index contributed by atoms with van der Waals surface area (Å²) in [7, 11) is -1.43. The van der Waals surface area contributed by atoms with Gasteiger partial charge in [0.2, 0.25) is 0 Å². The van der Waals surface area contributed by atoms with E-state index in [4.69, 9.17) is 10.5 Å².